The summed E-state index contributed by atoms with van der Waals surface area (Å²) in [6.07, 6.45) is 1.09. The zero-order valence-corrected chi connectivity index (χ0v) is 21.9. The van der Waals surface area contributed by atoms with Crippen LogP contribution in [0.5, 0.6) is 11.5 Å². The number of methoxy groups -OCH3 is 4. The average molecular weight is 509 g/mol. The summed E-state index contributed by atoms with van der Waals surface area (Å²) in [5, 5.41) is 5.91. The number of anilines is 2. The van der Waals surface area contributed by atoms with Crippen molar-refractivity contribution < 1.29 is 33.3 Å². The standard InChI is InChI=1S/C28H32N2O7/c1-16-20(26(33)28(37-6)27(36-5)25(16)32)13-18-9-7-17(8-10-18)11-12-23(31)30-19-14-21(34-3)24(29-2)22(15-19)35-4/h7-10,14-15,29H,11-13H2,1-6H3,(H,30,31). The van der Waals surface area contributed by atoms with E-state index in [0.29, 0.717) is 40.4 Å². The molecule has 0 bridgehead atoms. The van der Waals surface area contributed by atoms with Crippen LogP contribution >= 0.6 is 0 Å². The first kappa shape index (κ1) is 27.3. The second kappa shape index (κ2) is 12.1. The van der Waals surface area contributed by atoms with E-state index in [4.69, 9.17) is 18.9 Å². The van der Waals surface area contributed by atoms with Gasteiger partial charge < -0.3 is 29.6 Å². The zero-order chi connectivity index (χ0) is 27.1. The highest BCUT2D eigenvalue weighted by molar-refractivity contribution is 6.23. The van der Waals surface area contributed by atoms with Crippen LogP contribution in [0.3, 0.4) is 0 Å². The highest BCUT2D eigenvalue weighted by atomic mass is 16.5. The Balaban J connectivity index is 1.63. The molecule has 0 saturated heterocycles. The van der Waals surface area contributed by atoms with Crippen molar-refractivity contribution in [2.75, 3.05) is 46.1 Å². The van der Waals surface area contributed by atoms with E-state index in [-0.39, 0.29) is 41.8 Å². The van der Waals surface area contributed by atoms with Gasteiger partial charge >= 0.3 is 0 Å². The van der Waals surface area contributed by atoms with Crippen LogP contribution in [0.15, 0.2) is 59.1 Å². The molecule has 2 aromatic rings. The number of carbonyl (C=O) groups is 3. The van der Waals surface area contributed by atoms with Crippen molar-refractivity contribution in [3.8, 4) is 11.5 Å². The number of nitrogens with one attached hydrogen (secondary N) is 2. The fourth-order valence-electron chi connectivity index (χ4n) is 4.14. The minimum absolute atomic E-state index is 0.0720. The van der Waals surface area contributed by atoms with Crippen LogP contribution in [0.1, 0.15) is 24.5 Å². The van der Waals surface area contributed by atoms with Gasteiger partial charge in [-0.3, -0.25) is 14.4 Å². The van der Waals surface area contributed by atoms with Gasteiger partial charge in [0, 0.05) is 48.9 Å². The van der Waals surface area contributed by atoms with Gasteiger partial charge in [0.15, 0.2) is 0 Å². The molecule has 2 aromatic carbocycles. The lowest BCUT2D eigenvalue weighted by molar-refractivity contribution is -0.121. The van der Waals surface area contributed by atoms with Crippen molar-refractivity contribution in [3.63, 3.8) is 0 Å². The third-order valence-corrected chi connectivity index (χ3v) is 6.18. The monoisotopic (exact) mass is 508 g/mol. The first-order valence-electron chi connectivity index (χ1n) is 11.7. The van der Waals surface area contributed by atoms with Gasteiger partial charge in [0.25, 0.3) is 0 Å². The molecule has 0 unspecified atom stereocenters. The van der Waals surface area contributed by atoms with E-state index < -0.39 is 0 Å². The Kier molecular flexibility index (Phi) is 8.95. The van der Waals surface area contributed by atoms with Crippen molar-refractivity contribution >= 4 is 28.8 Å². The number of ketones is 2. The zero-order valence-electron chi connectivity index (χ0n) is 21.9. The molecule has 9 heteroatoms. The Bertz CT molecular complexity index is 1230. The molecule has 0 fully saturated rings. The van der Waals surface area contributed by atoms with Crippen LogP contribution in [-0.2, 0) is 36.7 Å². The normalized spacial score (nSPS) is 13.5. The number of hydrogen-bond donors (Lipinski definition) is 2. The van der Waals surface area contributed by atoms with Crippen LogP contribution in [0.4, 0.5) is 11.4 Å². The van der Waals surface area contributed by atoms with Crippen LogP contribution in [0, 0.1) is 0 Å². The highest BCUT2D eigenvalue weighted by Gasteiger charge is 2.34. The molecule has 0 heterocycles. The van der Waals surface area contributed by atoms with Crippen LogP contribution in [0.2, 0.25) is 0 Å². The smallest absolute Gasteiger partial charge is 0.228 e. The van der Waals surface area contributed by atoms with E-state index in [1.54, 1.807) is 40.3 Å². The van der Waals surface area contributed by atoms with Crippen molar-refractivity contribution in [2.24, 2.45) is 0 Å². The van der Waals surface area contributed by atoms with Crippen molar-refractivity contribution in [1.82, 2.24) is 0 Å². The fourth-order valence-corrected chi connectivity index (χ4v) is 4.14. The van der Waals surface area contributed by atoms with Crippen molar-refractivity contribution in [2.45, 2.75) is 26.2 Å². The van der Waals surface area contributed by atoms with Gasteiger partial charge in [0.1, 0.15) is 17.2 Å². The van der Waals surface area contributed by atoms with Crippen LogP contribution in [0.25, 0.3) is 0 Å². The number of rotatable bonds is 11. The predicted molar refractivity (Wildman–Crippen MR) is 140 cm³/mol. The van der Waals surface area contributed by atoms with E-state index in [1.165, 1.54) is 14.2 Å². The molecule has 196 valence electrons. The Hall–Kier alpha value is -4.27. The second-order valence-electron chi connectivity index (χ2n) is 8.38. The lowest BCUT2D eigenvalue weighted by atomic mass is 9.88. The molecule has 1 amide bonds. The molecule has 2 N–H and O–H groups in total. The van der Waals surface area contributed by atoms with Crippen LogP contribution < -0.4 is 20.1 Å². The minimum atomic E-state index is -0.354. The van der Waals surface area contributed by atoms with E-state index in [9.17, 15) is 14.4 Å². The van der Waals surface area contributed by atoms with Gasteiger partial charge in [0.05, 0.1) is 28.4 Å². The second-order valence-corrected chi connectivity index (χ2v) is 8.38. The summed E-state index contributed by atoms with van der Waals surface area (Å²) in [6.45, 7) is 1.62. The Morgan fingerprint density at radius 2 is 1.35 bits per heavy atom. The van der Waals surface area contributed by atoms with Gasteiger partial charge in [-0.25, -0.2) is 0 Å². The maximum atomic E-state index is 12.9. The summed E-state index contributed by atoms with van der Waals surface area (Å²) in [6, 6.07) is 11.1. The molecule has 0 radical (unpaired) electrons. The lowest BCUT2D eigenvalue weighted by Crippen LogP contribution is -2.26. The highest BCUT2D eigenvalue weighted by Crippen LogP contribution is 2.37. The molecule has 9 nitrogen and oxygen atoms in total. The quantitative estimate of drug-likeness (QED) is 0.441. The number of allylic oxidation sites excluding steroid dienone is 2. The van der Waals surface area contributed by atoms with E-state index >= 15 is 0 Å². The molecular formula is C28H32N2O7. The van der Waals surface area contributed by atoms with Crippen molar-refractivity contribution in [1.29, 1.82) is 0 Å². The number of aryl methyl sites for hydroxylation is 1. The summed E-state index contributed by atoms with van der Waals surface area (Å²) in [5.41, 5.74) is 3.83. The number of Topliss-reactive ketones (excluding diaryl/α,β-unsaturated/α-hetero) is 2. The Labute approximate surface area is 216 Å². The van der Waals surface area contributed by atoms with E-state index in [2.05, 4.69) is 10.6 Å². The summed E-state index contributed by atoms with van der Waals surface area (Å²) in [7, 11) is 7.54. The fraction of sp³-hybridized carbons (Fsp3) is 0.321. The van der Waals surface area contributed by atoms with Gasteiger partial charge in [0.2, 0.25) is 29.0 Å². The predicted octanol–water partition coefficient (Wildman–Crippen LogP) is 3.83. The maximum Gasteiger partial charge on any atom is 0.228 e. The van der Waals surface area contributed by atoms with E-state index in [0.717, 1.165) is 11.1 Å². The summed E-state index contributed by atoms with van der Waals surface area (Å²) < 4.78 is 21.0. The van der Waals surface area contributed by atoms with Gasteiger partial charge in [-0.1, -0.05) is 24.3 Å². The first-order valence-corrected chi connectivity index (χ1v) is 11.7. The minimum Gasteiger partial charge on any atom is -0.494 e. The third kappa shape index (κ3) is 5.94. The van der Waals surface area contributed by atoms with Gasteiger partial charge in [-0.05, 0) is 24.5 Å². The van der Waals surface area contributed by atoms with Gasteiger partial charge in [-0.15, -0.1) is 0 Å². The molecule has 37 heavy (non-hydrogen) atoms. The first-order chi connectivity index (χ1) is 17.8. The molecule has 3 rings (SSSR count). The van der Waals surface area contributed by atoms with Crippen molar-refractivity contribution in [3.05, 3.63) is 70.2 Å². The summed E-state index contributed by atoms with van der Waals surface area (Å²) in [4.78, 5) is 38.0. The molecule has 1 aliphatic carbocycles. The SMILES string of the molecule is CNc1c(OC)cc(NC(=O)CCc2ccc(CC3=C(C)C(=O)C(OC)=C(OC)C3=O)cc2)cc1OC. The molecule has 0 aromatic heterocycles. The molecule has 0 aliphatic heterocycles. The lowest BCUT2D eigenvalue weighted by Gasteiger charge is -2.20. The third-order valence-electron chi connectivity index (χ3n) is 6.18. The maximum absolute atomic E-state index is 12.9. The molecule has 0 saturated carbocycles. The van der Waals surface area contributed by atoms with E-state index in [1.807, 2.05) is 24.3 Å². The number of ether oxygens (including phenoxy) is 4. The Morgan fingerprint density at radius 1 is 0.811 bits per heavy atom. The average Bonchev–Trinajstić information content (AvgIpc) is 2.91. The van der Waals surface area contributed by atoms with Crippen LogP contribution in [-0.4, -0.2) is 53.0 Å². The topological polar surface area (TPSA) is 112 Å². The largest absolute Gasteiger partial charge is 0.494 e. The van der Waals surface area contributed by atoms with Gasteiger partial charge in [-0.2, -0.15) is 0 Å². The number of amides is 1. The number of hydrogen-bond acceptors (Lipinski definition) is 8. The molecule has 0 spiro atoms. The summed E-state index contributed by atoms with van der Waals surface area (Å²) in [5.74, 6) is 0.111. The number of carbonyl (C=O) groups excluding carboxylic acids is 3. The molecule has 0 atom stereocenters. The Morgan fingerprint density at radius 3 is 1.86 bits per heavy atom. The number of benzene rings is 2. The molecular weight excluding hydrogens is 476 g/mol. The summed E-state index contributed by atoms with van der Waals surface area (Å²) >= 11 is 0. The molecule has 1 aliphatic rings.